The van der Waals surface area contributed by atoms with Crippen LogP contribution in [0.15, 0.2) is 12.1 Å². The van der Waals surface area contributed by atoms with Crippen molar-refractivity contribution in [3.05, 3.63) is 17.7 Å². The smallest absolute Gasteiger partial charge is 0.163 e. The Bertz CT molecular complexity index is 401. The van der Waals surface area contributed by atoms with E-state index in [1.165, 1.54) is 0 Å². The van der Waals surface area contributed by atoms with Crippen molar-refractivity contribution in [3.63, 3.8) is 0 Å². The van der Waals surface area contributed by atoms with Crippen molar-refractivity contribution < 1.29 is 9.47 Å². The second-order valence-corrected chi connectivity index (χ2v) is 5.05. The molecule has 18 heavy (non-hydrogen) atoms. The number of benzene rings is 1. The lowest BCUT2D eigenvalue weighted by atomic mass is 10.1. The summed E-state index contributed by atoms with van der Waals surface area (Å²) in [4.78, 5) is 0. The maximum atomic E-state index is 5.98. The van der Waals surface area contributed by atoms with Crippen LogP contribution in [0, 0.1) is 0 Å². The van der Waals surface area contributed by atoms with E-state index < -0.39 is 0 Å². The lowest BCUT2D eigenvalue weighted by Gasteiger charge is -2.20. The van der Waals surface area contributed by atoms with Crippen LogP contribution in [-0.4, -0.2) is 12.2 Å². The fourth-order valence-electron chi connectivity index (χ4n) is 1.68. The maximum absolute atomic E-state index is 5.98. The number of ether oxygens (including phenoxy) is 2. The van der Waals surface area contributed by atoms with Crippen LogP contribution >= 0.6 is 0 Å². The van der Waals surface area contributed by atoms with Gasteiger partial charge in [0.05, 0.1) is 12.2 Å². The first kappa shape index (κ1) is 14.6. The van der Waals surface area contributed by atoms with Crippen LogP contribution in [-0.2, 0) is 0 Å². The molecule has 0 heterocycles. The zero-order valence-electron chi connectivity index (χ0n) is 11.9. The normalized spacial score (nSPS) is 12.9. The molecule has 0 saturated heterocycles. The summed E-state index contributed by atoms with van der Waals surface area (Å²) in [5.41, 5.74) is 13.4. The second-order valence-electron chi connectivity index (χ2n) is 5.05. The fourth-order valence-corrected chi connectivity index (χ4v) is 1.68. The maximum Gasteiger partial charge on any atom is 0.163 e. The lowest BCUT2D eigenvalue weighted by Crippen LogP contribution is -2.14. The molecule has 1 unspecified atom stereocenters. The third kappa shape index (κ3) is 3.81. The van der Waals surface area contributed by atoms with Crippen molar-refractivity contribution in [3.8, 4) is 11.5 Å². The fraction of sp³-hybridized carbons (Fsp3) is 0.571. The highest BCUT2D eigenvalue weighted by atomic mass is 16.5. The molecule has 0 fully saturated rings. The van der Waals surface area contributed by atoms with Crippen molar-refractivity contribution >= 4 is 5.69 Å². The van der Waals surface area contributed by atoms with E-state index in [-0.39, 0.29) is 18.2 Å². The lowest BCUT2D eigenvalue weighted by molar-refractivity contribution is 0.198. The number of nitrogen functional groups attached to an aromatic ring is 1. The highest BCUT2D eigenvalue weighted by Crippen LogP contribution is 2.35. The molecule has 4 nitrogen and oxygen atoms in total. The Morgan fingerprint density at radius 2 is 1.33 bits per heavy atom. The third-order valence-corrected chi connectivity index (χ3v) is 2.37. The molecule has 0 bridgehead atoms. The van der Waals surface area contributed by atoms with Crippen LogP contribution in [0.1, 0.15) is 46.2 Å². The van der Waals surface area contributed by atoms with Gasteiger partial charge in [-0.05, 0) is 46.2 Å². The van der Waals surface area contributed by atoms with Gasteiger partial charge in [0.15, 0.2) is 11.5 Å². The van der Waals surface area contributed by atoms with Crippen molar-refractivity contribution in [2.45, 2.75) is 52.9 Å². The van der Waals surface area contributed by atoms with Crippen molar-refractivity contribution in [2.24, 2.45) is 5.73 Å². The van der Waals surface area contributed by atoms with Gasteiger partial charge in [-0.3, -0.25) is 0 Å². The minimum atomic E-state index is -0.132. The van der Waals surface area contributed by atoms with Gasteiger partial charge < -0.3 is 20.9 Å². The van der Waals surface area contributed by atoms with Gasteiger partial charge in [0.1, 0.15) is 0 Å². The molecule has 4 heteroatoms. The van der Waals surface area contributed by atoms with Gasteiger partial charge in [-0.15, -0.1) is 0 Å². The van der Waals surface area contributed by atoms with Crippen LogP contribution in [0.4, 0.5) is 5.69 Å². The summed E-state index contributed by atoms with van der Waals surface area (Å²) >= 11 is 0. The molecule has 0 aliphatic carbocycles. The number of hydrogen-bond acceptors (Lipinski definition) is 4. The van der Waals surface area contributed by atoms with E-state index >= 15 is 0 Å². The predicted molar refractivity (Wildman–Crippen MR) is 75.0 cm³/mol. The zero-order chi connectivity index (χ0) is 13.9. The van der Waals surface area contributed by atoms with Gasteiger partial charge in [0, 0.05) is 17.8 Å². The molecule has 0 saturated carbocycles. The Morgan fingerprint density at radius 1 is 0.889 bits per heavy atom. The van der Waals surface area contributed by atoms with Crippen LogP contribution in [0.25, 0.3) is 0 Å². The van der Waals surface area contributed by atoms with Crippen molar-refractivity contribution in [1.29, 1.82) is 0 Å². The van der Waals surface area contributed by atoms with Gasteiger partial charge in [0.25, 0.3) is 0 Å². The van der Waals surface area contributed by atoms with Crippen LogP contribution < -0.4 is 20.9 Å². The van der Waals surface area contributed by atoms with E-state index in [1.807, 2.05) is 40.7 Å². The summed E-state index contributed by atoms with van der Waals surface area (Å²) < 4.78 is 11.5. The molecule has 0 radical (unpaired) electrons. The first-order valence-corrected chi connectivity index (χ1v) is 6.33. The average molecular weight is 252 g/mol. The molecular weight excluding hydrogens is 228 g/mol. The average Bonchev–Trinajstić information content (AvgIpc) is 2.19. The second kappa shape index (κ2) is 5.96. The summed E-state index contributed by atoms with van der Waals surface area (Å²) in [5, 5.41) is 0. The van der Waals surface area contributed by atoms with Gasteiger partial charge in [-0.2, -0.15) is 0 Å². The van der Waals surface area contributed by atoms with Gasteiger partial charge in [0.2, 0.25) is 0 Å². The molecule has 1 aromatic rings. The van der Waals surface area contributed by atoms with Crippen molar-refractivity contribution in [1.82, 2.24) is 0 Å². The van der Waals surface area contributed by atoms with E-state index in [4.69, 9.17) is 20.9 Å². The Kier molecular flexibility index (Phi) is 4.84. The largest absolute Gasteiger partial charge is 0.487 e. The summed E-state index contributed by atoms with van der Waals surface area (Å²) in [6, 6.07) is 3.53. The Hall–Kier alpha value is -1.42. The number of anilines is 1. The highest BCUT2D eigenvalue weighted by Gasteiger charge is 2.15. The predicted octanol–water partition coefficient (Wildman–Crippen LogP) is 2.86. The molecule has 4 N–H and O–H groups in total. The minimum Gasteiger partial charge on any atom is -0.487 e. The molecule has 102 valence electrons. The molecule has 0 aliphatic heterocycles. The molecule has 0 aromatic heterocycles. The first-order valence-electron chi connectivity index (χ1n) is 6.33. The summed E-state index contributed by atoms with van der Waals surface area (Å²) in [7, 11) is 0. The molecular formula is C14H24N2O2. The van der Waals surface area contributed by atoms with Crippen LogP contribution in [0.3, 0.4) is 0 Å². The molecule has 0 spiro atoms. The standard InChI is InChI=1S/C14H24N2O2/c1-8(2)17-13-6-11(10(5)15)12(16)7-14(13)18-9(3)4/h6-10H,15-16H2,1-5H3. The summed E-state index contributed by atoms with van der Waals surface area (Å²) in [5.74, 6) is 1.36. The molecule has 1 aromatic carbocycles. The monoisotopic (exact) mass is 252 g/mol. The van der Waals surface area contributed by atoms with Gasteiger partial charge in [-0.25, -0.2) is 0 Å². The summed E-state index contributed by atoms with van der Waals surface area (Å²) in [6.07, 6.45) is 0.143. The quantitative estimate of drug-likeness (QED) is 0.790. The SMILES string of the molecule is CC(C)Oc1cc(N)c(C(C)N)cc1OC(C)C. The van der Waals surface area contributed by atoms with E-state index in [0.29, 0.717) is 17.2 Å². The first-order chi connectivity index (χ1) is 8.31. The molecule has 1 atom stereocenters. The van der Waals surface area contributed by atoms with E-state index in [9.17, 15) is 0 Å². The molecule has 0 amide bonds. The highest BCUT2D eigenvalue weighted by molar-refractivity contribution is 5.59. The molecule has 1 rings (SSSR count). The number of rotatable bonds is 5. The van der Waals surface area contributed by atoms with E-state index in [2.05, 4.69) is 0 Å². The molecule has 0 aliphatic rings. The van der Waals surface area contributed by atoms with E-state index in [1.54, 1.807) is 6.07 Å². The Balaban J connectivity index is 3.18. The zero-order valence-corrected chi connectivity index (χ0v) is 11.9. The Labute approximate surface area is 109 Å². The van der Waals surface area contributed by atoms with Crippen LogP contribution in [0.2, 0.25) is 0 Å². The Morgan fingerprint density at radius 3 is 1.72 bits per heavy atom. The van der Waals surface area contributed by atoms with Gasteiger partial charge in [-0.1, -0.05) is 0 Å². The summed E-state index contributed by atoms with van der Waals surface area (Å²) in [6.45, 7) is 9.78. The minimum absolute atomic E-state index is 0.0695. The topological polar surface area (TPSA) is 70.5 Å². The number of nitrogens with two attached hydrogens (primary N) is 2. The van der Waals surface area contributed by atoms with Gasteiger partial charge >= 0.3 is 0 Å². The van der Waals surface area contributed by atoms with Crippen molar-refractivity contribution in [2.75, 3.05) is 5.73 Å². The number of hydrogen-bond donors (Lipinski definition) is 2. The van der Waals surface area contributed by atoms with Crippen LogP contribution in [0.5, 0.6) is 11.5 Å². The van der Waals surface area contributed by atoms with E-state index in [0.717, 1.165) is 5.56 Å². The third-order valence-electron chi connectivity index (χ3n) is 2.37.